The lowest BCUT2D eigenvalue weighted by molar-refractivity contribution is -0.126. The third-order valence-corrected chi connectivity index (χ3v) is 5.24. The van der Waals surface area contributed by atoms with Crippen LogP contribution in [0.1, 0.15) is 24.8 Å². The highest BCUT2D eigenvalue weighted by molar-refractivity contribution is 14.1. The SMILES string of the molecule is COc1cccc(NC(=O)CC(=O)N/N=C\c2ccc(N(CCC#N)CCC#N)c(I)c2)c1. The van der Waals surface area contributed by atoms with Crippen molar-refractivity contribution in [3.8, 4) is 17.9 Å². The molecule has 9 nitrogen and oxygen atoms in total. The van der Waals surface area contributed by atoms with Gasteiger partial charge in [0.05, 0.1) is 44.0 Å². The fourth-order valence-electron chi connectivity index (χ4n) is 2.85. The Balaban J connectivity index is 1.91. The lowest BCUT2D eigenvalue weighted by atomic mass is 10.2. The molecule has 2 N–H and O–H groups in total. The van der Waals surface area contributed by atoms with E-state index < -0.39 is 11.8 Å². The molecule has 2 aromatic rings. The fourth-order valence-corrected chi connectivity index (χ4v) is 3.73. The van der Waals surface area contributed by atoms with Gasteiger partial charge >= 0.3 is 0 Å². The molecular weight excluding hydrogens is 535 g/mol. The quantitative estimate of drug-likeness (QED) is 0.188. The number of methoxy groups -OCH3 is 1. The Kier molecular flexibility index (Phi) is 10.6. The smallest absolute Gasteiger partial charge is 0.249 e. The first-order chi connectivity index (χ1) is 16.0. The van der Waals surface area contributed by atoms with E-state index in [9.17, 15) is 9.59 Å². The molecule has 0 saturated heterocycles. The Morgan fingerprint density at radius 2 is 1.85 bits per heavy atom. The summed E-state index contributed by atoms with van der Waals surface area (Å²) in [6.07, 6.45) is 1.83. The summed E-state index contributed by atoms with van der Waals surface area (Å²) in [7, 11) is 1.53. The van der Waals surface area contributed by atoms with Crippen LogP contribution in [0.25, 0.3) is 0 Å². The van der Waals surface area contributed by atoms with Crippen molar-refractivity contribution in [3.05, 3.63) is 51.6 Å². The molecule has 0 bridgehead atoms. The molecule has 170 valence electrons. The average molecular weight is 558 g/mol. The zero-order chi connectivity index (χ0) is 24.1. The maximum Gasteiger partial charge on any atom is 0.249 e. The Bertz CT molecular complexity index is 1070. The Morgan fingerprint density at radius 1 is 1.12 bits per heavy atom. The van der Waals surface area contributed by atoms with Gasteiger partial charge in [0.15, 0.2) is 0 Å². The normalized spacial score (nSPS) is 10.2. The van der Waals surface area contributed by atoms with E-state index in [1.807, 2.05) is 23.1 Å². The number of benzene rings is 2. The van der Waals surface area contributed by atoms with Crippen LogP contribution in [0.5, 0.6) is 5.75 Å². The van der Waals surface area contributed by atoms with Crippen LogP contribution in [0.15, 0.2) is 47.6 Å². The van der Waals surface area contributed by atoms with Gasteiger partial charge < -0.3 is 15.0 Å². The zero-order valence-electron chi connectivity index (χ0n) is 18.0. The van der Waals surface area contributed by atoms with E-state index >= 15 is 0 Å². The van der Waals surface area contributed by atoms with Gasteiger partial charge in [-0.15, -0.1) is 0 Å². The average Bonchev–Trinajstić information content (AvgIpc) is 2.79. The third kappa shape index (κ3) is 8.79. The Hall–Kier alpha value is -3.64. The largest absolute Gasteiger partial charge is 0.497 e. The van der Waals surface area contributed by atoms with Crippen molar-refractivity contribution in [2.24, 2.45) is 5.10 Å². The maximum atomic E-state index is 12.0. The highest BCUT2D eigenvalue weighted by atomic mass is 127. The van der Waals surface area contributed by atoms with Crippen molar-refractivity contribution in [2.75, 3.05) is 30.4 Å². The van der Waals surface area contributed by atoms with Crippen molar-refractivity contribution in [1.29, 1.82) is 10.5 Å². The summed E-state index contributed by atoms with van der Waals surface area (Å²) in [5.41, 5.74) is 4.56. The number of nitrogens with zero attached hydrogens (tertiary/aromatic N) is 4. The molecule has 0 saturated carbocycles. The van der Waals surface area contributed by atoms with Crippen LogP contribution < -0.4 is 20.4 Å². The minimum absolute atomic E-state index is 0.363. The highest BCUT2D eigenvalue weighted by Gasteiger charge is 2.11. The molecule has 0 aliphatic carbocycles. The number of hydrazone groups is 1. The number of nitriles is 2. The number of hydrogen-bond acceptors (Lipinski definition) is 7. The summed E-state index contributed by atoms with van der Waals surface area (Å²) in [4.78, 5) is 26.0. The van der Waals surface area contributed by atoms with Crippen LogP contribution in [0.3, 0.4) is 0 Å². The number of amides is 2. The number of nitrogens with one attached hydrogen (secondary N) is 2. The van der Waals surface area contributed by atoms with Crippen LogP contribution >= 0.6 is 22.6 Å². The molecule has 2 amide bonds. The third-order valence-electron chi connectivity index (χ3n) is 4.38. The van der Waals surface area contributed by atoms with Crippen LogP contribution in [0.2, 0.25) is 0 Å². The van der Waals surface area contributed by atoms with Gasteiger partial charge in [0, 0.05) is 28.4 Å². The molecule has 2 rings (SSSR count). The molecule has 0 atom stereocenters. The lowest BCUT2D eigenvalue weighted by Gasteiger charge is -2.24. The van der Waals surface area contributed by atoms with E-state index in [2.05, 4.69) is 50.6 Å². The molecule has 0 aliphatic heterocycles. The summed E-state index contributed by atoms with van der Waals surface area (Å²) in [6, 6.07) is 16.7. The van der Waals surface area contributed by atoms with Gasteiger partial charge in [-0.2, -0.15) is 15.6 Å². The van der Waals surface area contributed by atoms with E-state index in [1.54, 1.807) is 24.3 Å². The molecule has 33 heavy (non-hydrogen) atoms. The number of anilines is 2. The van der Waals surface area contributed by atoms with Gasteiger partial charge in [0.25, 0.3) is 0 Å². The summed E-state index contributed by atoms with van der Waals surface area (Å²) in [5, 5.41) is 24.3. The molecule has 0 heterocycles. The van der Waals surface area contributed by atoms with E-state index in [-0.39, 0.29) is 6.42 Å². The van der Waals surface area contributed by atoms with Gasteiger partial charge in [0.1, 0.15) is 12.2 Å². The van der Waals surface area contributed by atoms with Crippen LogP contribution in [-0.2, 0) is 9.59 Å². The molecule has 0 fully saturated rings. The van der Waals surface area contributed by atoms with Gasteiger partial charge in [0.2, 0.25) is 11.8 Å². The first-order valence-electron chi connectivity index (χ1n) is 10.0. The standard InChI is InChI=1S/C23H23IN6O3/c1-33-19-6-2-5-18(14-19)28-22(31)15-23(32)29-27-16-17-7-8-21(20(24)13-17)30(11-3-9-25)12-4-10-26/h2,5-8,13-14,16H,3-4,11-12,15H2,1H3,(H,28,31)(H,29,32)/b27-16-. The summed E-state index contributed by atoms with van der Waals surface area (Å²) >= 11 is 2.18. The van der Waals surface area contributed by atoms with Crippen molar-refractivity contribution >= 4 is 52.0 Å². The van der Waals surface area contributed by atoms with Crippen molar-refractivity contribution < 1.29 is 14.3 Å². The molecule has 0 radical (unpaired) electrons. The summed E-state index contributed by atoms with van der Waals surface area (Å²) < 4.78 is 6.02. The molecule has 0 spiro atoms. The van der Waals surface area contributed by atoms with Crippen molar-refractivity contribution in [3.63, 3.8) is 0 Å². The van der Waals surface area contributed by atoms with Gasteiger partial charge in [-0.1, -0.05) is 12.1 Å². The van der Waals surface area contributed by atoms with Crippen molar-refractivity contribution in [1.82, 2.24) is 5.43 Å². The Labute approximate surface area is 206 Å². The molecule has 0 unspecified atom stereocenters. The highest BCUT2D eigenvalue weighted by Crippen LogP contribution is 2.24. The molecule has 0 aromatic heterocycles. The van der Waals surface area contributed by atoms with Crippen LogP contribution in [-0.4, -0.2) is 38.2 Å². The number of halogens is 1. The van der Waals surface area contributed by atoms with E-state index in [0.717, 1.165) is 14.8 Å². The lowest BCUT2D eigenvalue weighted by Crippen LogP contribution is -2.26. The van der Waals surface area contributed by atoms with Crippen molar-refractivity contribution in [2.45, 2.75) is 19.3 Å². The van der Waals surface area contributed by atoms with E-state index in [1.165, 1.54) is 13.3 Å². The van der Waals surface area contributed by atoms with Crippen LogP contribution in [0.4, 0.5) is 11.4 Å². The zero-order valence-corrected chi connectivity index (χ0v) is 20.2. The number of ether oxygens (including phenoxy) is 1. The van der Waals surface area contributed by atoms with E-state index in [0.29, 0.717) is 37.4 Å². The predicted octanol–water partition coefficient (Wildman–Crippen LogP) is 3.41. The number of carbonyl (C=O) groups excluding carboxylic acids is 2. The molecular formula is C23H23IN6O3. The maximum absolute atomic E-state index is 12.0. The molecule has 2 aromatic carbocycles. The first kappa shape index (κ1) is 25.6. The summed E-state index contributed by atoms with van der Waals surface area (Å²) in [6.45, 7) is 1.07. The number of carbonyl (C=O) groups is 2. The fraction of sp³-hybridized carbons (Fsp3) is 0.261. The second-order valence-corrected chi connectivity index (χ2v) is 7.93. The first-order valence-corrected chi connectivity index (χ1v) is 11.1. The minimum Gasteiger partial charge on any atom is -0.497 e. The Morgan fingerprint density at radius 3 is 2.48 bits per heavy atom. The van der Waals surface area contributed by atoms with Crippen LogP contribution in [0, 0.1) is 26.2 Å². The second-order valence-electron chi connectivity index (χ2n) is 6.76. The minimum atomic E-state index is -0.544. The van der Waals surface area contributed by atoms with Gasteiger partial charge in [-0.05, 0) is 52.4 Å². The number of rotatable bonds is 11. The summed E-state index contributed by atoms with van der Waals surface area (Å²) in [5.74, 6) is -0.414. The monoisotopic (exact) mass is 558 g/mol. The van der Waals surface area contributed by atoms with E-state index in [4.69, 9.17) is 15.3 Å². The second kappa shape index (κ2) is 13.7. The van der Waals surface area contributed by atoms with Gasteiger partial charge in [-0.25, -0.2) is 5.43 Å². The molecule has 0 aliphatic rings. The molecule has 10 heteroatoms. The predicted molar refractivity (Wildman–Crippen MR) is 134 cm³/mol. The number of hydrogen-bond donors (Lipinski definition) is 2. The topological polar surface area (TPSA) is 131 Å². The van der Waals surface area contributed by atoms with Gasteiger partial charge in [-0.3, -0.25) is 9.59 Å².